The van der Waals surface area contributed by atoms with Gasteiger partial charge in [0.25, 0.3) is 0 Å². The van der Waals surface area contributed by atoms with Crippen LogP contribution in [-0.2, 0) is 4.79 Å². The molecule has 2 fully saturated rings. The van der Waals surface area contributed by atoms with E-state index in [4.69, 9.17) is 14.2 Å². The lowest BCUT2D eigenvalue weighted by Gasteiger charge is -2.34. The number of hydrogen-bond acceptors (Lipinski definition) is 6. The number of halogens is 1. The Labute approximate surface area is 235 Å². The minimum Gasteiger partial charge on any atom is -0.494 e. The Morgan fingerprint density at radius 1 is 0.950 bits per heavy atom. The highest BCUT2D eigenvalue weighted by Gasteiger charge is 2.35. The van der Waals surface area contributed by atoms with Crippen LogP contribution in [0.5, 0.6) is 17.2 Å². The maximum atomic E-state index is 14.5. The minimum atomic E-state index is -0.818. The van der Waals surface area contributed by atoms with Crippen molar-refractivity contribution >= 4 is 17.3 Å². The van der Waals surface area contributed by atoms with Gasteiger partial charge in [0.15, 0.2) is 0 Å². The number of carboxylic acid groups (broad SMARTS) is 1. The number of ether oxygens (including phenoxy) is 3. The third kappa shape index (κ3) is 6.79. The molecule has 0 radical (unpaired) electrons. The van der Waals surface area contributed by atoms with Gasteiger partial charge < -0.3 is 29.1 Å². The number of carboxylic acids is 1. The van der Waals surface area contributed by atoms with Gasteiger partial charge in [-0.05, 0) is 67.9 Å². The van der Waals surface area contributed by atoms with Gasteiger partial charge in [0, 0.05) is 50.1 Å². The number of rotatable bonds is 10. The molecule has 0 spiro atoms. The van der Waals surface area contributed by atoms with Crippen LogP contribution in [0.15, 0.2) is 66.7 Å². The fourth-order valence-electron chi connectivity index (χ4n) is 5.67. The predicted octanol–water partition coefficient (Wildman–Crippen LogP) is 6.08. The highest BCUT2D eigenvalue weighted by Crippen LogP contribution is 2.33. The Morgan fingerprint density at radius 3 is 2.38 bits per heavy atom. The van der Waals surface area contributed by atoms with Crippen LogP contribution in [0.2, 0.25) is 0 Å². The zero-order chi connectivity index (χ0) is 28.1. The van der Waals surface area contributed by atoms with Crippen molar-refractivity contribution < 1.29 is 28.5 Å². The van der Waals surface area contributed by atoms with Gasteiger partial charge in [0.2, 0.25) is 0 Å². The lowest BCUT2D eigenvalue weighted by Crippen LogP contribution is -2.38. The summed E-state index contributed by atoms with van der Waals surface area (Å²) in [5.74, 6) is 1.19. The van der Waals surface area contributed by atoms with E-state index in [1.807, 2.05) is 67.3 Å². The molecule has 8 heteroatoms. The van der Waals surface area contributed by atoms with Gasteiger partial charge in [-0.2, -0.15) is 0 Å². The summed E-state index contributed by atoms with van der Waals surface area (Å²) in [5, 5.41) is 9.50. The molecule has 2 aliphatic rings. The highest BCUT2D eigenvalue weighted by atomic mass is 19.1. The van der Waals surface area contributed by atoms with Crippen molar-refractivity contribution in [2.24, 2.45) is 0 Å². The fourth-order valence-corrected chi connectivity index (χ4v) is 5.67. The van der Waals surface area contributed by atoms with Crippen LogP contribution in [0, 0.1) is 12.7 Å². The second kappa shape index (κ2) is 12.5. The van der Waals surface area contributed by atoms with Crippen molar-refractivity contribution in [2.75, 3.05) is 36.0 Å². The number of benzene rings is 3. The lowest BCUT2D eigenvalue weighted by molar-refractivity contribution is -0.137. The molecule has 40 heavy (non-hydrogen) atoms. The van der Waals surface area contributed by atoms with E-state index in [0.717, 1.165) is 35.6 Å². The van der Waals surface area contributed by atoms with Crippen LogP contribution < -0.4 is 24.0 Å². The molecular weight excluding hydrogens is 511 g/mol. The summed E-state index contributed by atoms with van der Waals surface area (Å²) >= 11 is 0. The van der Waals surface area contributed by atoms with E-state index >= 15 is 0 Å². The van der Waals surface area contributed by atoms with Crippen LogP contribution in [0.1, 0.15) is 38.2 Å². The van der Waals surface area contributed by atoms with E-state index in [9.17, 15) is 14.3 Å². The van der Waals surface area contributed by atoms with Crippen LogP contribution in [-0.4, -0.2) is 55.6 Å². The molecule has 0 amide bonds. The van der Waals surface area contributed by atoms with Gasteiger partial charge in [-0.1, -0.05) is 12.1 Å². The first-order valence-corrected chi connectivity index (χ1v) is 14.0. The number of aliphatic carboxylic acids is 1. The molecule has 5 rings (SSSR count). The van der Waals surface area contributed by atoms with Crippen molar-refractivity contribution in [1.82, 2.24) is 0 Å². The molecule has 1 N–H and O–H groups in total. The standard InChI is InChI=1S/C32H37FN2O5/c1-3-38-27-11-12-30(33)31(20-27)34-15-13-26(14-16-34)39-25-9-7-23(8-10-25)35-21-29(18-24(35)19-32(36)37)40-28-6-4-5-22(2)17-28/h4-12,17,20,24,26,29H,3,13-16,18-19,21H2,1-2H3,(H,36,37)/t24-,29-/m1/s1. The van der Waals surface area contributed by atoms with Gasteiger partial charge in [0.05, 0.1) is 25.3 Å². The minimum absolute atomic E-state index is 0.0406. The smallest absolute Gasteiger partial charge is 0.305 e. The average Bonchev–Trinajstić information content (AvgIpc) is 3.32. The first-order chi connectivity index (χ1) is 19.4. The summed E-state index contributed by atoms with van der Waals surface area (Å²) in [6.07, 6.45) is 2.21. The first-order valence-electron chi connectivity index (χ1n) is 14.0. The summed E-state index contributed by atoms with van der Waals surface area (Å²) in [6, 6.07) is 20.5. The van der Waals surface area contributed by atoms with Crippen LogP contribution in [0.3, 0.4) is 0 Å². The summed E-state index contributed by atoms with van der Waals surface area (Å²) in [5.41, 5.74) is 2.65. The molecule has 212 valence electrons. The van der Waals surface area contributed by atoms with E-state index in [0.29, 0.717) is 44.1 Å². The van der Waals surface area contributed by atoms with Gasteiger partial charge in [-0.3, -0.25) is 4.79 Å². The average molecular weight is 549 g/mol. The Kier molecular flexibility index (Phi) is 8.63. The van der Waals surface area contributed by atoms with E-state index in [2.05, 4.69) is 4.90 Å². The van der Waals surface area contributed by atoms with Crippen LogP contribution in [0.4, 0.5) is 15.8 Å². The normalized spacial score (nSPS) is 19.5. The number of aryl methyl sites for hydroxylation is 1. The van der Waals surface area contributed by atoms with Crippen LogP contribution in [0.25, 0.3) is 0 Å². The summed E-state index contributed by atoms with van der Waals surface area (Å²) in [7, 11) is 0. The molecule has 3 aromatic rings. The molecule has 0 saturated carbocycles. The molecule has 2 heterocycles. The van der Waals surface area contributed by atoms with Crippen molar-refractivity contribution in [3.63, 3.8) is 0 Å². The van der Waals surface area contributed by atoms with E-state index in [1.54, 1.807) is 12.1 Å². The lowest BCUT2D eigenvalue weighted by atomic mass is 10.1. The quantitative estimate of drug-likeness (QED) is 0.329. The fraction of sp³-hybridized carbons (Fsp3) is 0.406. The largest absolute Gasteiger partial charge is 0.494 e. The van der Waals surface area contributed by atoms with Crippen molar-refractivity contribution in [2.45, 2.75) is 57.8 Å². The highest BCUT2D eigenvalue weighted by molar-refractivity contribution is 5.69. The summed E-state index contributed by atoms with van der Waals surface area (Å²) in [4.78, 5) is 15.8. The Morgan fingerprint density at radius 2 is 1.68 bits per heavy atom. The number of nitrogens with zero attached hydrogens (tertiary/aromatic N) is 2. The topological polar surface area (TPSA) is 71.5 Å². The summed E-state index contributed by atoms with van der Waals surface area (Å²) in [6.45, 7) is 6.49. The van der Waals surface area contributed by atoms with Gasteiger partial charge in [0.1, 0.15) is 35.3 Å². The number of carbonyl (C=O) groups is 1. The Bertz CT molecular complexity index is 1290. The first kappa shape index (κ1) is 27.6. The van der Waals surface area contributed by atoms with Gasteiger partial charge >= 0.3 is 5.97 Å². The number of piperidine rings is 1. The molecule has 2 aliphatic heterocycles. The summed E-state index contributed by atoms with van der Waals surface area (Å²) < 4.78 is 32.5. The second-order valence-electron chi connectivity index (χ2n) is 10.5. The molecule has 2 saturated heterocycles. The second-order valence-corrected chi connectivity index (χ2v) is 10.5. The molecular formula is C32H37FN2O5. The van der Waals surface area contributed by atoms with Crippen molar-refractivity contribution in [3.8, 4) is 17.2 Å². The molecule has 0 aliphatic carbocycles. The Balaban J connectivity index is 1.18. The van der Waals surface area contributed by atoms with E-state index in [1.165, 1.54) is 6.07 Å². The van der Waals surface area contributed by atoms with Gasteiger partial charge in [-0.25, -0.2) is 4.39 Å². The molecule has 7 nitrogen and oxygen atoms in total. The van der Waals surface area contributed by atoms with E-state index in [-0.39, 0.29) is 30.5 Å². The Hall–Kier alpha value is -3.94. The van der Waals surface area contributed by atoms with Crippen LogP contribution >= 0.6 is 0 Å². The molecule has 3 aromatic carbocycles. The molecule has 2 atom stereocenters. The third-order valence-electron chi connectivity index (χ3n) is 7.56. The molecule has 0 aromatic heterocycles. The number of hydrogen-bond donors (Lipinski definition) is 1. The molecule has 0 bridgehead atoms. The maximum Gasteiger partial charge on any atom is 0.305 e. The number of anilines is 2. The maximum absolute atomic E-state index is 14.5. The zero-order valence-electron chi connectivity index (χ0n) is 23.1. The van der Waals surface area contributed by atoms with Crippen molar-refractivity contribution in [1.29, 1.82) is 0 Å². The monoisotopic (exact) mass is 548 g/mol. The third-order valence-corrected chi connectivity index (χ3v) is 7.56. The van der Waals surface area contributed by atoms with Crippen molar-refractivity contribution in [3.05, 3.63) is 78.1 Å². The predicted molar refractivity (Wildman–Crippen MR) is 153 cm³/mol. The molecule has 0 unspecified atom stereocenters. The van der Waals surface area contributed by atoms with Gasteiger partial charge in [-0.15, -0.1) is 0 Å². The van der Waals surface area contributed by atoms with E-state index < -0.39 is 5.97 Å². The zero-order valence-corrected chi connectivity index (χ0v) is 23.1. The SMILES string of the molecule is CCOc1ccc(F)c(N2CCC(Oc3ccc(N4C[C@H](Oc5cccc(C)c5)C[C@@H]4CC(=O)O)cc3)CC2)c1.